The molecule has 35 heavy (non-hydrogen) atoms. The smallest absolute Gasteiger partial charge is 0.322 e. The van der Waals surface area contributed by atoms with Crippen LogP contribution in [-0.2, 0) is 6.42 Å². The van der Waals surface area contributed by atoms with Crippen molar-refractivity contribution in [2.75, 3.05) is 22.5 Å². The number of rotatable bonds is 4. The number of hydrogen-bond acceptors (Lipinski definition) is 3. The number of benzene rings is 3. The fraction of sp³-hybridized carbons (Fsp3) is 0.231. The molecule has 1 unspecified atom stereocenters. The van der Waals surface area contributed by atoms with Crippen molar-refractivity contribution < 1.29 is 18.4 Å². The predicted molar refractivity (Wildman–Crippen MR) is 130 cm³/mol. The molecule has 6 rings (SSSR count). The summed E-state index contributed by atoms with van der Waals surface area (Å²) in [5.41, 5.74) is 10.4. The third-order valence-corrected chi connectivity index (χ3v) is 7.23. The number of halogens is 3. The van der Waals surface area contributed by atoms with Gasteiger partial charge >= 0.3 is 6.03 Å². The van der Waals surface area contributed by atoms with E-state index in [4.69, 9.17) is 17.3 Å². The second-order valence-corrected chi connectivity index (χ2v) is 9.61. The molecule has 1 aliphatic carbocycles. The van der Waals surface area contributed by atoms with Crippen LogP contribution in [0.5, 0.6) is 0 Å². The number of nitrogens with one attached hydrogen (secondary N) is 2. The molecule has 0 saturated heterocycles. The number of nitrogens with zero attached hydrogens (tertiary/aromatic N) is 1. The van der Waals surface area contributed by atoms with E-state index in [1.807, 2.05) is 0 Å². The van der Waals surface area contributed by atoms with Crippen LogP contribution in [0.4, 0.5) is 30.6 Å². The molecule has 0 radical (unpaired) electrons. The minimum atomic E-state index is -0.820. The van der Waals surface area contributed by atoms with Crippen molar-refractivity contribution in [3.63, 3.8) is 0 Å². The average Bonchev–Trinajstić information content (AvgIpc) is 3.57. The Morgan fingerprint density at radius 3 is 2.69 bits per heavy atom. The molecule has 3 amide bonds. The normalized spacial score (nSPS) is 18.3. The first kappa shape index (κ1) is 21.9. The molecular weight excluding hydrogens is 474 g/mol. The topological polar surface area (TPSA) is 87.5 Å². The summed E-state index contributed by atoms with van der Waals surface area (Å²) in [6.45, 7) is 0.425. The predicted octanol–water partition coefficient (Wildman–Crippen LogP) is 5.51. The Morgan fingerprint density at radius 2 is 1.91 bits per heavy atom. The summed E-state index contributed by atoms with van der Waals surface area (Å²) in [4.78, 5) is 27.7. The Bertz CT molecular complexity index is 1420. The lowest BCUT2D eigenvalue weighted by Gasteiger charge is -2.35. The van der Waals surface area contributed by atoms with E-state index in [0.717, 1.165) is 24.0 Å². The maximum Gasteiger partial charge on any atom is 0.322 e. The summed E-state index contributed by atoms with van der Waals surface area (Å²) in [6.07, 6.45) is 2.50. The van der Waals surface area contributed by atoms with Crippen molar-refractivity contribution in [3.8, 4) is 0 Å². The number of carbonyl (C=O) groups is 2. The van der Waals surface area contributed by atoms with Crippen LogP contribution in [0.1, 0.15) is 57.4 Å². The first-order valence-electron chi connectivity index (χ1n) is 11.4. The number of amides is 3. The van der Waals surface area contributed by atoms with Gasteiger partial charge in [-0.3, -0.25) is 9.69 Å². The monoisotopic (exact) mass is 494 g/mol. The van der Waals surface area contributed by atoms with E-state index in [2.05, 4.69) is 10.6 Å². The van der Waals surface area contributed by atoms with Crippen LogP contribution in [-0.4, -0.2) is 18.5 Å². The fourth-order valence-electron chi connectivity index (χ4n) is 5.09. The lowest BCUT2D eigenvalue weighted by molar-refractivity contribution is 0.102. The van der Waals surface area contributed by atoms with Crippen molar-refractivity contribution in [1.29, 1.82) is 0 Å². The van der Waals surface area contributed by atoms with Gasteiger partial charge in [-0.05, 0) is 73.2 Å². The van der Waals surface area contributed by atoms with Crippen LogP contribution in [0.15, 0.2) is 42.5 Å². The van der Waals surface area contributed by atoms with Crippen molar-refractivity contribution in [3.05, 3.63) is 86.9 Å². The zero-order valence-electron chi connectivity index (χ0n) is 18.5. The van der Waals surface area contributed by atoms with Crippen molar-refractivity contribution in [2.45, 2.75) is 31.2 Å². The van der Waals surface area contributed by atoms with E-state index in [1.165, 1.54) is 30.3 Å². The standard InChI is InChI=1S/C26H21ClF2N4O2/c27-19-4-3-15(28)10-18(19)23-22-21(11-20(30)17-5-6-33(24(17)22)26(35)32-23)31-25(34)14-7-13(12-1-2-12)8-16(29)9-14/h3-4,7-12,23H,1-2,5-6,30H2,(H,31,34)(H,32,35). The molecule has 1 fully saturated rings. The van der Waals surface area contributed by atoms with Gasteiger partial charge in [-0.25, -0.2) is 13.6 Å². The van der Waals surface area contributed by atoms with Gasteiger partial charge in [0.2, 0.25) is 0 Å². The molecule has 0 spiro atoms. The first-order chi connectivity index (χ1) is 16.8. The summed E-state index contributed by atoms with van der Waals surface area (Å²) in [5, 5.41) is 6.02. The molecule has 3 aromatic carbocycles. The van der Waals surface area contributed by atoms with Gasteiger partial charge < -0.3 is 16.4 Å². The van der Waals surface area contributed by atoms with E-state index in [-0.39, 0.29) is 22.5 Å². The quantitative estimate of drug-likeness (QED) is 0.418. The zero-order valence-corrected chi connectivity index (χ0v) is 19.3. The van der Waals surface area contributed by atoms with Crippen LogP contribution in [0, 0.1) is 11.6 Å². The zero-order chi connectivity index (χ0) is 24.4. The van der Waals surface area contributed by atoms with Gasteiger partial charge in [-0.2, -0.15) is 0 Å². The SMILES string of the molecule is Nc1cc(NC(=O)c2cc(F)cc(C3CC3)c2)c2c3c1CCN3C(=O)NC2c1cc(F)ccc1Cl. The van der Waals surface area contributed by atoms with Crippen molar-refractivity contribution in [2.24, 2.45) is 0 Å². The van der Waals surface area contributed by atoms with Crippen molar-refractivity contribution in [1.82, 2.24) is 5.32 Å². The number of urea groups is 1. The second-order valence-electron chi connectivity index (χ2n) is 9.21. The summed E-state index contributed by atoms with van der Waals surface area (Å²) >= 11 is 6.41. The van der Waals surface area contributed by atoms with Gasteiger partial charge in [-0.1, -0.05) is 11.6 Å². The maximum atomic E-state index is 14.3. The average molecular weight is 495 g/mol. The molecule has 2 heterocycles. The third kappa shape index (κ3) is 3.69. The Kier molecular flexibility index (Phi) is 4.96. The molecule has 4 N–H and O–H groups in total. The van der Waals surface area contributed by atoms with Gasteiger partial charge in [0.05, 0.1) is 17.4 Å². The highest BCUT2D eigenvalue weighted by Gasteiger charge is 2.40. The van der Waals surface area contributed by atoms with Crippen molar-refractivity contribution >= 4 is 40.6 Å². The summed E-state index contributed by atoms with van der Waals surface area (Å²) in [6, 6.07) is 8.73. The van der Waals surface area contributed by atoms with E-state index in [1.54, 1.807) is 17.0 Å². The highest BCUT2D eigenvalue weighted by atomic mass is 35.5. The minimum Gasteiger partial charge on any atom is -0.398 e. The first-order valence-corrected chi connectivity index (χ1v) is 11.8. The van der Waals surface area contributed by atoms with E-state index in [9.17, 15) is 18.4 Å². The number of nitrogens with two attached hydrogens (primary N) is 1. The summed E-state index contributed by atoms with van der Waals surface area (Å²) < 4.78 is 28.4. The molecule has 9 heteroatoms. The van der Waals surface area contributed by atoms with Crippen LogP contribution < -0.4 is 21.3 Å². The molecule has 0 bridgehead atoms. The van der Waals surface area contributed by atoms with E-state index < -0.39 is 23.6 Å². The Morgan fingerprint density at radius 1 is 1.11 bits per heavy atom. The number of hydrogen-bond donors (Lipinski definition) is 3. The van der Waals surface area contributed by atoms with Gasteiger partial charge in [0.25, 0.3) is 5.91 Å². The minimum absolute atomic E-state index is 0.190. The van der Waals surface area contributed by atoms with E-state index >= 15 is 0 Å². The van der Waals surface area contributed by atoms with Crippen LogP contribution in [0.2, 0.25) is 5.02 Å². The highest BCUT2D eigenvalue weighted by Crippen LogP contribution is 2.48. The molecule has 3 aromatic rings. The van der Waals surface area contributed by atoms with E-state index in [0.29, 0.717) is 41.2 Å². The van der Waals surface area contributed by atoms with Gasteiger partial charge in [0, 0.05) is 39.5 Å². The number of carbonyl (C=O) groups excluding carboxylic acids is 2. The Hall–Kier alpha value is -3.65. The number of nitrogen functional groups attached to an aromatic ring is 1. The molecule has 3 aliphatic rings. The third-order valence-electron chi connectivity index (χ3n) is 6.88. The van der Waals surface area contributed by atoms with Gasteiger partial charge in [0.15, 0.2) is 0 Å². The Labute approximate surface area is 205 Å². The van der Waals surface area contributed by atoms with Crippen LogP contribution >= 0.6 is 11.6 Å². The lowest BCUT2D eigenvalue weighted by atomic mass is 9.91. The largest absolute Gasteiger partial charge is 0.398 e. The molecule has 0 aromatic heterocycles. The summed E-state index contributed by atoms with van der Waals surface area (Å²) in [7, 11) is 0. The van der Waals surface area contributed by atoms with Crippen LogP contribution in [0.25, 0.3) is 0 Å². The maximum absolute atomic E-state index is 14.3. The van der Waals surface area contributed by atoms with Gasteiger partial charge in [-0.15, -0.1) is 0 Å². The number of anilines is 3. The molecule has 6 nitrogen and oxygen atoms in total. The highest BCUT2D eigenvalue weighted by molar-refractivity contribution is 6.31. The Balaban J connectivity index is 1.48. The molecule has 178 valence electrons. The molecule has 1 saturated carbocycles. The lowest BCUT2D eigenvalue weighted by Crippen LogP contribution is -2.46. The van der Waals surface area contributed by atoms with Crippen LogP contribution in [0.3, 0.4) is 0 Å². The molecule has 1 atom stereocenters. The second kappa shape index (κ2) is 7.95. The molecule has 2 aliphatic heterocycles. The van der Waals surface area contributed by atoms with Gasteiger partial charge in [0.1, 0.15) is 11.6 Å². The fourth-order valence-corrected chi connectivity index (χ4v) is 5.31. The molecular formula is C26H21ClF2N4O2. The summed E-state index contributed by atoms with van der Waals surface area (Å²) in [5.74, 6) is -1.21.